The van der Waals surface area contributed by atoms with Crippen LogP contribution in [0.1, 0.15) is 17.0 Å². The third-order valence-electron chi connectivity index (χ3n) is 3.85. The minimum absolute atomic E-state index is 0.00463. The van der Waals surface area contributed by atoms with E-state index in [0.29, 0.717) is 6.42 Å². The van der Waals surface area contributed by atoms with Gasteiger partial charge in [-0.1, -0.05) is 0 Å². The Hall–Kier alpha value is -0.120. The van der Waals surface area contributed by atoms with Gasteiger partial charge in [-0.05, 0) is 0 Å². The summed E-state index contributed by atoms with van der Waals surface area (Å²) in [5.41, 5.74) is 0. The molecule has 1 N–H and O–H groups in total. The van der Waals surface area contributed by atoms with Gasteiger partial charge in [0.25, 0.3) is 0 Å². The molecule has 4 fully saturated rings. The lowest BCUT2D eigenvalue weighted by molar-refractivity contribution is -0.930. The van der Waals surface area contributed by atoms with E-state index >= 15 is 0 Å². The van der Waals surface area contributed by atoms with Crippen molar-refractivity contribution in [3.05, 3.63) is 0 Å². The number of aliphatic hydroxyl groups excluding tert-OH is 1. The van der Waals surface area contributed by atoms with Gasteiger partial charge in [-0.25, -0.2) is 0 Å². The number of aliphatic hydroxyl groups is 1. The summed E-state index contributed by atoms with van der Waals surface area (Å²) in [7, 11) is 1.75. The molecule has 4 saturated heterocycles. The third kappa shape index (κ3) is 0.605. The highest BCUT2D eigenvalue weighted by atomic mass is 16.5. The van der Waals surface area contributed by atoms with Crippen molar-refractivity contribution in [2.24, 2.45) is 0 Å². The topological polar surface area (TPSA) is 29.5 Å². The molecule has 12 heavy (non-hydrogen) atoms. The average molecular weight is 173 g/mol. The predicted octanol–water partition coefficient (Wildman–Crippen LogP) is -0.264. The van der Waals surface area contributed by atoms with Crippen molar-refractivity contribution in [3.8, 4) is 0 Å². The lowest BCUT2D eigenvalue weighted by Crippen LogP contribution is -2.56. The van der Waals surface area contributed by atoms with Crippen LogP contribution in [0.25, 0.3) is 0 Å². The van der Waals surface area contributed by atoms with Crippen molar-refractivity contribution in [3.63, 3.8) is 0 Å². The maximum absolute atomic E-state index is 10.0. The van der Waals surface area contributed by atoms with Gasteiger partial charge >= 0.3 is 0 Å². The van der Waals surface area contributed by atoms with Gasteiger partial charge in [0.05, 0.1) is 24.2 Å². The van der Waals surface area contributed by atoms with Crippen LogP contribution in [0.5, 0.6) is 0 Å². The van der Waals surface area contributed by atoms with Gasteiger partial charge in [0.2, 0.25) is 0 Å². The zero-order valence-electron chi connectivity index (χ0n) is 10.1. The quantitative estimate of drug-likeness (QED) is 0.511. The van der Waals surface area contributed by atoms with Gasteiger partial charge in [-0.15, -0.1) is 0 Å². The zero-order valence-corrected chi connectivity index (χ0v) is 7.10. The Balaban J connectivity index is 2.06. The second kappa shape index (κ2) is 1.86. The highest BCUT2D eigenvalue weighted by Gasteiger charge is 2.66. The first-order valence-corrected chi connectivity index (χ1v) is 4.55. The summed E-state index contributed by atoms with van der Waals surface area (Å²) in [5.74, 6) is 0. The molecular formula is C9H16NO2+. The summed E-state index contributed by atoms with van der Waals surface area (Å²) >= 11 is 0. The molecule has 4 aliphatic heterocycles. The number of hydrogen-bond acceptors (Lipinski definition) is 2. The predicted molar refractivity (Wildman–Crippen MR) is 43.6 cm³/mol. The highest BCUT2D eigenvalue weighted by molar-refractivity contribution is 5.04. The standard InChI is InChI=1S/C9H16NO2/c1-10(2)6-3-5-4-7(10)9(12-5)8(6)11/h5-9,11H,3-4H2,1-2H3/q+1/t5-,6-,7+,8?,9?/m0/s1/i1D3/t5-,6-,7+,8?,9?,10-. The van der Waals surface area contributed by atoms with E-state index in [4.69, 9.17) is 8.85 Å². The molecule has 4 aliphatic rings. The summed E-state index contributed by atoms with van der Waals surface area (Å²) in [6.45, 7) is -2.05. The van der Waals surface area contributed by atoms with E-state index < -0.39 is 13.1 Å². The van der Waals surface area contributed by atoms with E-state index in [1.165, 1.54) is 0 Å². The number of piperidine rings is 1. The fraction of sp³-hybridized carbons (Fsp3) is 1.00. The van der Waals surface area contributed by atoms with Crippen LogP contribution in [-0.2, 0) is 4.74 Å². The Bertz CT molecular complexity index is 304. The van der Waals surface area contributed by atoms with Gasteiger partial charge in [0.15, 0.2) is 0 Å². The van der Waals surface area contributed by atoms with E-state index in [0.717, 1.165) is 6.42 Å². The highest BCUT2D eigenvalue weighted by Crippen LogP contribution is 2.48. The van der Waals surface area contributed by atoms with Crippen LogP contribution in [0.2, 0.25) is 0 Å². The number of hydrogen-bond donors (Lipinski definition) is 1. The largest absolute Gasteiger partial charge is 0.384 e. The summed E-state index contributed by atoms with van der Waals surface area (Å²) in [6.07, 6.45) is 0.802. The molecule has 0 radical (unpaired) electrons. The average Bonchev–Trinajstić information content (AvgIpc) is 2.52. The summed E-state index contributed by atoms with van der Waals surface area (Å²) in [4.78, 5) is 0. The molecule has 0 spiro atoms. The van der Waals surface area contributed by atoms with Crippen LogP contribution in [-0.4, -0.2) is 54.0 Å². The molecule has 0 amide bonds. The first-order valence-electron chi connectivity index (χ1n) is 6.05. The fourth-order valence-corrected chi connectivity index (χ4v) is 3.17. The van der Waals surface area contributed by atoms with Crippen molar-refractivity contribution in [1.29, 1.82) is 0 Å². The molecule has 0 saturated carbocycles. The van der Waals surface area contributed by atoms with Crippen LogP contribution < -0.4 is 0 Å². The van der Waals surface area contributed by atoms with Crippen molar-refractivity contribution >= 4 is 0 Å². The lowest BCUT2D eigenvalue weighted by atomic mass is 9.98. The van der Waals surface area contributed by atoms with Gasteiger partial charge in [0, 0.05) is 12.8 Å². The number of likely N-dealkylation sites (N-methyl/N-ethyl adjacent to an activating group) is 1. The fourth-order valence-electron chi connectivity index (χ4n) is 3.17. The SMILES string of the molecule is [2H]C([2H])([2H])[N@@+]1(C)[C@@H]2C[C@@H]3C[C@H]1C(O)C2O3. The Morgan fingerprint density at radius 2 is 2.25 bits per heavy atom. The number of quaternary nitrogens is 1. The molecule has 0 aromatic rings. The second-order valence-corrected chi connectivity index (χ2v) is 4.47. The molecule has 3 heteroatoms. The summed E-state index contributed by atoms with van der Waals surface area (Å²) < 4.78 is 28.6. The van der Waals surface area contributed by atoms with Crippen LogP contribution in [0.15, 0.2) is 0 Å². The zero-order chi connectivity index (χ0) is 11.0. The molecule has 0 aromatic carbocycles. The lowest BCUT2D eigenvalue weighted by Gasteiger charge is -2.41. The van der Waals surface area contributed by atoms with E-state index in [1.54, 1.807) is 7.05 Å². The molecule has 68 valence electrons. The van der Waals surface area contributed by atoms with E-state index in [1.807, 2.05) is 0 Å². The molecule has 2 unspecified atom stereocenters. The van der Waals surface area contributed by atoms with Crippen LogP contribution in [0.3, 0.4) is 0 Å². The second-order valence-electron chi connectivity index (χ2n) is 4.47. The first-order chi connectivity index (χ1) is 6.85. The Morgan fingerprint density at radius 1 is 1.50 bits per heavy atom. The van der Waals surface area contributed by atoms with Crippen LogP contribution >= 0.6 is 0 Å². The minimum atomic E-state index is -2.05. The van der Waals surface area contributed by atoms with Gasteiger partial charge in [-0.2, -0.15) is 0 Å². The van der Waals surface area contributed by atoms with Crippen LogP contribution in [0.4, 0.5) is 0 Å². The molecule has 4 bridgehead atoms. The maximum Gasteiger partial charge on any atom is 0.141 e. The van der Waals surface area contributed by atoms with Crippen molar-refractivity contribution in [2.45, 2.75) is 43.2 Å². The monoisotopic (exact) mass is 173 g/mol. The maximum atomic E-state index is 10.0. The number of ether oxygens (including phenoxy) is 1. The molecule has 6 atom stereocenters. The third-order valence-corrected chi connectivity index (χ3v) is 3.85. The van der Waals surface area contributed by atoms with Gasteiger partial charge in [-0.3, -0.25) is 0 Å². The van der Waals surface area contributed by atoms with Crippen molar-refractivity contribution in [1.82, 2.24) is 0 Å². The number of nitrogens with zero attached hydrogens (tertiary/aromatic N) is 1. The Kier molecular flexibility index (Phi) is 0.766. The Labute approximate surface area is 76.7 Å². The molecule has 4 heterocycles. The Morgan fingerprint density at radius 3 is 2.92 bits per heavy atom. The summed E-state index contributed by atoms with van der Waals surface area (Å²) in [6, 6.07) is -0.212. The van der Waals surface area contributed by atoms with Crippen LogP contribution in [0, 0.1) is 0 Å². The van der Waals surface area contributed by atoms with Crippen molar-refractivity contribution in [2.75, 3.05) is 14.0 Å². The van der Waals surface area contributed by atoms with Crippen molar-refractivity contribution < 1.29 is 18.4 Å². The number of rotatable bonds is 0. The van der Waals surface area contributed by atoms with Gasteiger partial charge < -0.3 is 14.3 Å². The molecule has 0 aliphatic carbocycles. The van der Waals surface area contributed by atoms with E-state index in [9.17, 15) is 5.11 Å². The minimum Gasteiger partial charge on any atom is -0.384 e. The molecule has 4 rings (SSSR count). The molecular weight excluding hydrogens is 154 g/mol. The normalized spacial score (nSPS) is 72.5. The molecule has 0 aromatic heterocycles. The van der Waals surface area contributed by atoms with E-state index in [2.05, 4.69) is 0 Å². The first kappa shape index (κ1) is 4.94. The van der Waals surface area contributed by atoms with E-state index in [-0.39, 0.29) is 28.8 Å². The van der Waals surface area contributed by atoms with Gasteiger partial charge in [0.1, 0.15) is 24.3 Å². The summed E-state index contributed by atoms with van der Waals surface area (Å²) in [5, 5.41) is 10.0. The smallest absolute Gasteiger partial charge is 0.141 e. The molecule has 3 nitrogen and oxygen atoms in total.